The molecule has 2 heterocycles. The van der Waals surface area contributed by atoms with E-state index in [1.807, 2.05) is 71.1 Å². The zero-order valence-electron chi connectivity index (χ0n) is 12.3. The van der Waals surface area contributed by atoms with Crippen molar-refractivity contribution in [2.45, 2.75) is 6.42 Å². The number of carboxylic acids is 1. The van der Waals surface area contributed by atoms with Gasteiger partial charge in [0.1, 0.15) is 5.65 Å². The molecule has 4 heteroatoms. The van der Waals surface area contributed by atoms with Gasteiger partial charge in [-0.15, -0.1) is 0 Å². The number of nitrogens with zero attached hydrogens (tertiary/aromatic N) is 2. The van der Waals surface area contributed by atoms with Crippen LogP contribution in [0.3, 0.4) is 0 Å². The summed E-state index contributed by atoms with van der Waals surface area (Å²) in [7, 11) is 0. The smallest absolute Gasteiger partial charge is 0.309 e. The van der Waals surface area contributed by atoms with Crippen LogP contribution in [0.1, 0.15) is 5.69 Å². The molecule has 0 fully saturated rings. The van der Waals surface area contributed by atoms with Crippen molar-refractivity contribution in [3.63, 3.8) is 0 Å². The predicted octanol–water partition coefficient (Wildman–Crippen LogP) is 3.78. The minimum atomic E-state index is -0.864. The van der Waals surface area contributed by atoms with Crippen LogP contribution in [0.15, 0.2) is 66.7 Å². The van der Waals surface area contributed by atoms with Crippen LogP contribution in [-0.2, 0) is 11.2 Å². The fourth-order valence-corrected chi connectivity index (χ4v) is 2.98. The molecule has 0 aliphatic carbocycles. The second-order valence-corrected chi connectivity index (χ2v) is 5.43. The summed E-state index contributed by atoms with van der Waals surface area (Å²) in [6.45, 7) is 0. The molecule has 0 aliphatic rings. The van der Waals surface area contributed by atoms with Crippen LogP contribution in [-0.4, -0.2) is 20.5 Å². The summed E-state index contributed by atoms with van der Waals surface area (Å²) >= 11 is 0. The van der Waals surface area contributed by atoms with E-state index in [2.05, 4.69) is 4.98 Å². The highest BCUT2D eigenvalue weighted by Gasteiger charge is 2.17. The number of hydrogen-bond donors (Lipinski definition) is 1. The lowest BCUT2D eigenvalue weighted by Gasteiger charge is -2.06. The molecule has 0 bridgehead atoms. The fraction of sp³-hybridized carbons (Fsp3) is 0.0526. The first-order valence-electron chi connectivity index (χ1n) is 7.40. The monoisotopic (exact) mass is 302 g/mol. The zero-order chi connectivity index (χ0) is 15.8. The average Bonchev–Trinajstić information content (AvgIpc) is 2.94. The van der Waals surface area contributed by atoms with Gasteiger partial charge in [-0.3, -0.25) is 9.20 Å². The van der Waals surface area contributed by atoms with E-state index in [0.29, 0.717) is 5.69 Å². The highest BCUT2D eigenvalue weighted by molar-refractivity contribution is 5.85. The van der Waals surface area contributed by atoms with Gasteiger partial charge in [0.05, 0.1) is 23.3 Å². The Bertz CT molecular complexity index is 1020. The molecular formula is C19H14N2O2. The highest BCUT2D eigenvalue weighted by atomic mass is 16.4. The van der Waals surface area contributed by atoms with Crippen LogP contribution in [0.4, 0.5) is 0 Å². The predicted molar refractivity (Wildman–Crippen MR) is 89.5 cm³/mol. The largest absolute Gasteiger partial charge is 0.481 e. The Labute approximate surface area is 132 Å². The number of aliphatic carboxylic acids is 1. The maximum atomic E-state index is 11.4. The van der Waals surface area contributed by atoms with Crippen molar-refractivity contribution in [1.82, 2.24) is 9.38 Å². The number of rotatable bonds is 3. The molecule has 0 amide bonds. The van der Waals surface area contributed by atoms with Gasteiger partial charge in [-0.05, 0) is 23.6 Å². The van der Waals surface area contributed by atoms with Gasteiger partial charge in [-0.2, -0.15) is 0 Å². The number of carbonyl (C=O) groups is 1. The van der Waals surface area contributed by atoms with E-state index in [4.69, 9.17) is 0 Å². The van der Waals surface area contributed by atoms with Gasteiger partial charge < -0.3 is 5.11 Å². The van der Waals surface area contributed by atoms with Crippen molar-refractivity contribution in [2.75, 3.05) is 0 Å². The third-order valence-electron chi connectivity index (χ3n) is 3.95. The third kappa shape index (κ3) is 2.25. The Morgan fingerprint density at radius 1 is 0.957 bits per heavy atom. The van der Waals surface area contributed by atoms with Crippen molar-refractivity contribution >= 4 is 22.5 Å². The molecule has 2 aromatic carbocycles. The molecule has 0 saturated carbocycles. The normalized spacial score (nSPS) is 11.1. The van der Waals surface area contributed by atoms with Gasteiger partial charge in [0, 0.05) is 5.56 Å². The highest BCUT2D eigenvalue weighted by Crippen LogP contribution is 2.28. The zero-order valence-corrected chi connectivity index (χ0v) is 12.3. The lowest BCUT2D eigenvalue weighted by atomic mass is 10.1. The van der Waals surface area contributed by atoms with Gasteiger partial charge in [-0.25, -0.2) is 4.98 Å². The third-order valence-corrected chi connectivity index (χ3v) is 3.95. The number of pyridine rings is 1. The summed E-state index contributed by atoms with van der Waals surface area (Å²) in [6, 6.07) is 21.6. The summed E-state index contributed by atoms with van der Waals surface area (Å²) in [5, 5.41) is 10.4. The number of hydrogen-bond acceptors (Lipinski definition) is 2. The van der Waals surface area contributed by atoms with Crippen LogP contribution >= 0.6 is 0 Å². The van der Waals surface area contributed by atoms with E-state index in [9.17, 15) is 9.90 Å². The summed E-state index contributed by atoms with van der Waals surface area (Å²) in [6.07, 6.45) is -0.0700. The summed E-state index contributed by atoms with van der Waals surface area (Å²) in [4.78, 5) is 16.1. The molecule has 0 atom stereocenters. The van der Waals surface area contributed by atoms with Crippen LogP contribution in [0.25, 0.3) is 27.8 Å². The molecule has 4 aromatic rings. The van der Waals surface area contributed by atoms with Gasteiger partial charge in [0.15, 0.2) is 0 Å². The second kappa shape index (κ2) is 5.25. The van der Waals surface area contributed by atoms with E-state index in [0.717, 1.165) is 27.8 Å². The van der Waals surface area contributed by atoms with Crippen molar-refractivity contribution in [3.8, 4) is 11.3 Å². The number of fused-ring (bicyclic) bond motifs is 3. The lowest BCUT2D eigenvalue weighted by Crippen LogP contribution is -2.05. The number of benzene rings is 2. The van der Waals surface area contributed by atoms with Gasteiger partial charge in [-0.1, -0.05) is 48.5 Å². The van der Waals surface area contributed by atoms with Crippen LogP contribution < -0.4 is 0 Å². The van der Waals surface area contributed by atoms with E-state index in [1.165, 1.54) is 0 Å². The Kier molecular flexibility index (Phi) is 3.08. The topological polar surface area (TPSA) is 54.6 Å². The Morgan fingerprint density at radius 2 is 1.70 bits per heavy atom. The molecule has 4 nitrogen and oxygen atoms in total. The Balaban J connectivity index is 2.11. The molecule has 0 radical (unpaired) electrons. The Hall–Kier alpha value is -3.14. The van der Waals surface area contributed by atoms with Crippen LogP contribution in [0.5, 0.6) is 0 Å². The van der Waals surface area contributed by atoms with Gasteiger partial charge in [0.25, 0.3) is 0 Å². The number of aromatic nitrogens is 2. The summed E-state index contributed by atoms with van der Waals surface area (Å²) < 4.78 is 1.95. The molecule has 0 unspecified atom stereocenters. The van der Waals surface area contributed by atoms with E-state index in [1.54, 1.807) is 0 Å². The van der Waals surface area contributed by atoms with E-state index in [-0.39, 0.29) is 6.42 Å². The number of carboxylic acid groups (broad SMARTS) is 1. The summed E-state index contributed by atoms with van der Waals surface area (Å²) in [5.74, 6) is -0.864. The maximum absolute atomic E-state index is 11.4. The molecule has 4 rings (SSSR count). The van der Waals surface area contributed by atoms with Crippen molar-refractivity contribution < 1.29 is 9.90 Å². The molecular weight excluding hydrogens is 288 g/mol. The molecule has 0 aliphatic heterocycles. The quantitative estimate of drug-likeness (QED) is 0.626. The van der Waals surface area contributed by atoms with Crippen LogP contribution in [0, 0.1) is 0 Å². The molecule has 0 spiro atoms. The standard InChI is InChI=1S/C19H14N2O2/c22-18(23)12-16-19(14-7-2-1-3-8-14)20-17-11-10-13-6-4-5-9-15(13)21(16)17/h1-11H,12H2,(H,22,23). The first-order valence-corrected chi connectivity index (χ1v) is 7.40. The second-order valence-electron chi connectivity index (χ2n) is 5.43. The number of imidazole rings is 1. The van der Waals surface area contributed by atoms with Crippen molar-refractivity contribution in [1.29, 1.82) is 0 Å². The molecule has 1 N–H and O–H groups in total. The first-order chi connectivity index (χ1) is 11.2. The lowest BCUT2D eigenvalue weighted by molar-refractivity contribution is -0.136. The first kappa shape index (κ1) is 13.5. The van der Waals surface area contributed by atoms with Crippen LogP contribution in [0.2, 0.25) is 0 Å². The van der Waals surface area contributed by atoms with Gasteiger partial charge >= 0.3 is 5.97 Å². The fourth-order valence-electron chi connectivity index (χ4n) is 2.98. The van der Waals surface area contributed by atoms with E-state index >= 15 is 0 Å². The molecule has 0 saturated heterocycles. The molecule has 112 valence electrons. The minimum Gasteiger partial charge on any atom is -0.481 e. The summed E-state index contributed by atoms with van der Waals surface area (Å²) in [5.41, 5.74) is 4.09. The molecule has 2 aromatic heterocycles. The minimum absolute atomic E-state index is 0.0700. The van der Waals surface area contributed by atoms with E-state index < -0.39 is 5.97 Å². The van der Waals surface area contributed by atoms with Crippen molar-refractivity contribution in [3.05, 3.63) is 72.4 Å². The average molecular weight is 302 g/mol. The SMILES string of the molecule is O=C(O)Cc1c(-c2ccccc2)nc2ccc3ccccc3n12. The molecule has 23 heavy (non-hydrogen) atoms. The maximum Gasteiger partial charge on any atom is 0.309 e. The van der Waals surface area contributed by atoms with Gasteiger partial charge in [0.2, 0.25) is 0 Å². The van der Waals surface area contributed by atoms with Crippen molar-refractivity contribution in [2.24, 2.45) is 0 Å². The Morgan fingerprint density at radius 3 is 2.48 bits per heavy atom. The number of para-hydroxylation sites is 1.